The topological polar surface area (TPSA) is 169 Å². The fourth-order valence-electron chi connectivity index (χ4n) is 3.75. The molecule has 4 heterocycles. The molecule has 1 unspecified atom stereocenters. The van der Waals surface area contributed by atoms with Crippen LogP contribution in [0, 0.1) is 0 Å². The summed E-state index contributed by atoms with van der Waals surface area (Å²) in [6, 6.07) is -0.532. The van der Waals surface area contributed by atoms with Gasteiger partial charge in [-0.05, 0) is 10.9 Å². The van der Waals surface area contributed by atoms with Gasteiger partial charge in [0.05, 0.1) is 12.6 Å². The predicted octanol–water partition coefficient (Wildman–Crippen LogP) is -1.91. The molecule has 0 bridgehead atoms. The van der Waals surface area contributed by atoms with Crippen molar-refractivity contribution in [3.63, 3.8) is 0 Å². The monoisotopic (exact) mass is 411 g/mol. The second-order valence-corrected chi connectivity index (χ2v) is 9.53. The van der Waals surface area contributed by atoms with Crippen LogP contribution in [0.15, 0.2) is 12.7 Å². The maximum Gasteiger partial charge on any atom is 0.320 e. The number of anilines is 1. The minimum Gasteiger partial charge on any atom is -0.480 e. The smallest absolute Gasteiger partial charge is 0.320 e. The van der Waals surface area contributed by atoms with Gasteiger partial charge in [-0.3, -0.25) is 14.7 Å². The van der Waals surface area contributed by atoms with Gasteiger partial charge in [0.1, 0.15) is 47.2 Å². The number of nitrogens with zero attached hydrogens (tertiary/aromatic N) is 4. The molecule has 4 rings (SSSR count). The lowest BCUT2D eigenvalue weighted by Crippen LogP contribution is -2.38. The van der Waals surface area contributed by atoms with E-state index in [-0.39, 0.29) is 22.0 Å². The third-order valence-corrected chi connectivity index (χ3v) is 7.73. The molecule has 0 amide bonds. The molecule has 2 fully saturated rings. The van der Waals surface area contributed by atoms with E-state index in [2.05, 4.69) is 20.3 Å². The first-order chi connectivity index (χ1) is 13.4. The fraction of sp³-hybridized carbons (Fsp3) is 0.625. The Morgan fingerprint density at radius 3 is 2.89 bits per heavy atom. The summed E-state index contributed by atoms with van der Waals surface area (Å²) in [4.78, 5) is 23.3. The maximum atomic E-state index is 11.1. The van der Waals surface area contributed by atoms with E-state index in [1.165, 1.54) is 12.7 Å². The number of hydrogen-bond donors (Lipinski definition) is 5. The Bertz CT molecular complexity index is 880. The van der Waals surface area contributed by atoms with Crippen LogP contribution in [0.1, 0.15) is 12.6 Å². The molecule has 11 nitrogen and oxygen atoms in total. The van der Waals surface area contributed by atoms with Gasteiger partial charge in [0.2, 0.25) is 0 Å². The van der Waals surface area contributed by atoms with Gasteiger partial charge in [-0.25, -0.2) is 15.0 Å². The third kappa shape index (κ3) is 3.31. The highest BCUT2D eigenvalue weighted by Crippen LogP contribution is 2.33. The standard InChI is InChI=1S/C16H22N6O5S/c1-28(7-2-8(16(25)26)18-3-7)4-9-11(23)12(24)15(27-9)22-6-21-10-13(17)19-5-20-14(10)22/h5-9,11-12,15,18,23-24H,2-4H2,1H3,(H2-,17,19,20,25,26)/p+1/t7-,8+,9-,11-,12-,15-,28?/m1/s1. The van der Waals surface area contributed by atoms with Crippen LogP contribution in [-0.2, 0) is 20.4 Å². The molecule has 0 aromatic carbocycles. The van der Waals surface area contributed by atoms with Crippen molar-refractivity contribution in [2.75, 3.05) is 24.3 Å². The minimum atomic E-state index is -1.15. The number of carboxylic acid groups (broad SMARTS) is 1. The van der Waals surface area contributed by atoms with Gasteiger partial charge in [-0.1, -0.05) is 0 Å². The highest BCUT2D eigenvalue weighted by molar-refractivity contribution is 7.96. The van der Waals surface area contributed by atoms with E-state index < -0.39 is 36.6 Å². The summed E-state index contributed by atoms with van der Waals surface area (Å²) in [6.45, 7) is 0.619. The fourth-order valence-corrected chi connectivity index (χ4v) is 5.71. The molecule has 2 saturated heterocycles. The zero-order chi connectivity index (χ0) is 20.0. The van der Waals surface area contributed by atoms with Crippen molar-refractivity contribution in [2.45, 2.75) is 42.3 Å². The van der Waals surface area contributed by atoms with Crippen LogP contribution in [0.5, 0.6) is 0 Å². The number of hydrogen-bond acceptors (Lipinski definition) is 9. The summed E-state index contributed by atoms with van der Waals surface area (Å²) in [5, 5.41) is 33.4. The van der Waals surface area contributed by atoms with E-state index >= 15 is 0 Å². The van der Waals surface area contributed by atoms with Gasteiger partial charge in [0.25, 0.3) is 0 Å². The number of carboxylic acids is 1. The molecule has 2 aromatic heterocycles. The highest BCUT2D eigenvalue weighted by Gasteiger charge is 2.48. The number of nitrogens with one attached hydrogen (secondary N) is 1. The van der Waals surface area contributed by atoms with Crippen molar-refractivity contribution in [1.82, 2.24) is 24.8 Å². The number of aromatic nitrogens is 4. The van der Waals surface area contributed by atoms with Crippen molar-refractivity contribution in [3.8, 4) is 0 Å². The van der Waals surface area contributed by atoms with Crippen LogP contribution < -0.4 is 11.1 Å². The summed E-state index contributed by atoms with van der Waals surface area (Å²) in [6.07, 6.45) is 1.71. The quantitative estimate of drug-likeness (QED) is 0.350. The largest absolute Gasteiger partial charge is 0.480 e. The summed E-state index contributed by atoms with van der Waals surface area (Å²) in [5.41, 5.74) is 6.63. The Morgan fingerprint density at radius 2 is 2.18 bits per heavy atom. The molecule has 0 aliphatic carbocycles. The normalized spacial score (nSPS) is 34.1. The van der Waals surface area contributed by atoms with Crippen LogP contribution >= 0.6 is 0 Å². The lowest BCUT2D eigenvalue weighted by molar-refractivity contribution is -0.139. The number of nitrogens with two attached hydrogens (primary N) is 1. The first kappa shape index (κ1) is 19.3. The van der Waals surface area contributed by atoms with Crippen molar-refractivity contribution >= 4 is 33.8 Å². The Hall–Kier alpha value is -1.99. The first-order valence-corrected chi connectivity index (χ1v) is 10.8. The Kier molecular flexibility index (Phi) is 5.14. The number of fused-ring (bicyclic) bond motifs is 1. The molecule has 2 aliphatic rings. The zero-order valence-corrected chi connectivity index (χ0v) is 16.0. The lowest BCUT2D eigenvalue weighted by atomic mass is 10.1. The minimum absolute atomic E-state index is 0.190. The third-order valence-electron chi connectivity index (χ3n) is 5.38. The van der Waals surface area contributed by atoms with E-state index in [0.717, 1.165) is 0 Å². The number of rotatable bonds is 5. The van der Waals surface area contributed by atoms with Crippen LogP contribution in [0.3, 0.4) is 0 Å². The summed E-state index contributed by atoms with van der Waals surface area (Å²) < 4.78 is 7.52. The molecule has 2 aromatic rings. The van der Waals surface area contributed by atoms with E-state index in [1.807, 2.05) is 6.26 Å². The SMILES string of the molecule is C[S+](C[C@H]1O[C@@H](n2cnc3c(N)ncnc32)[C@H](O)[C@@H]1O)[C@H]1CN[C@H](C(=O)O)C1. The molecule has 0 saturated carbocycles. The number of aliphatic hydroxyl groups excluding tert-OH is 2. The Balaban J connectivity index is 1.47. The van der Waals surface area contributed by atoms with Crippen molar-refractivity contribution in [1.29, 1.82) is 0 Å². The summed E-state index contributed by atoms with van der Waals surface area (Å²) in [7, 11) is -0.193. The van der Waals surface area contributed by atoms with Gasteiger partial charge in [0, 0.05) is 13.0 Å². The molecular formula is C16H23N6O5S+. The van der Waals surface area contributed by atoms with Crippen LogP contribution in [0.4, 0.5) is 5.82 Å². The Labute approximate surface area is 163 Å². The average molecular weight is 411 g/mol. The zero-order valence-electron chi connectivity index (χ0n) is 15.2. The van der Waals surface area contributed by atoms with Crippen LogP contribution in [-0.4, -0.2) is 89.0 Å². The van der Waals surface area contributed by atoms with Crippen LogP contribution in [0.25, 0.3) is 11.2 Å². The Morgan fingerprint density at radius 1 is 1.39 bits per heavy atom. The van der Waals surface area contributed by atoms with Crippen molar-refractivity contribution < 1.29 is 24.9 Å². The highest BCUT2D eigenvalue weighted by atomic mass is 32.2. The number of ether oxygens (including phenoxy) is 1. The first-order valence-electron chi connectivity index (χ1n) is 8.89. The van der Waals surface area contributed by atoms with Crippen molar-refractivity contribution in [2.24, 2.45) is 0 Å². The number of carbonyl (C=O) groups is 1. The second kappa shape index (κ2) is 7.44. The van der Waals surface area contributed by atoms with Gasteiger partial charge < -0.3 is 25.8 Å². The number of aliphatic hydroxyl groups is 2. The molecule has 2 aliphatic heterocycles. The summed E-state index contributed by atoms with van der Waals surface area (Å²) in [5.74, 6) is -0.0949. The molecule has 7 atom stereocenters. The number of imidazole rings is 1. The van der Waals surface area contributed by atoms with Gasteiger partial charge in [-0.15, -0.1) is 0 Å². The summed E-state index contributed by atoms with van der Waals surface area (Å²) >= 11 is 0. The van der Waals surface area contributed by atoms with Gasteiger partial charge in [0.15, 0.2) is 17.7 Å². The molecular weight excluding hydrogens is 388 g/mol. The van der Waals surface area contributed by atoms with E-state index in [9.17, 15) is 15.0 Å². The molecule has 0 radical (unpaired) electrons. The predicted molar refractivity (Wildman–Crippen MR) is 102 cm³/mol. The van der Waals surface area contributed by atoms with E-state index in [1.54, 1.807) is 4.57 Å². The van der Waals surface area contributed by atoms with E-state index in [4.69, 9.17) is 15.6 Å². The van der Waals surface area contributed by atoms with Gasteiger partial charge >= 0.3 is 5.97 Å². The van der Waals surface area contributed by atoms with Crippen LogP contribution in [0.2, 0.25) is 0 Å². The number of aliphatic carboxylic acids is 1. The number of nitrogen functional groups attached to an aromatic ring is 1. The van der Waals surface area contributed by atoms with E-state index in [0.29, 0.717) is 29.9 Å². The molecule has 6 N–H and O–H groups in total. The van der Waals surface area contributed by atoms with Crippen molar-refractivity contribution in [3.05, 3.63) is 12.7 Å². The average Bonchev–Trinajstić information content (AvgIpc) is 3.37. The molecule has 0 spiro atoms. The van der Waals surface area contributed by atoms with Gasteiger partial charge in [-0.2, -0.15) is 0 Å². The lowest BCUT2D eigenvalue weighted by Gasteiger charge is -2.17. The molecule has 12 heteroatoms. The molecule has 152 valence electrons. The molecule has 28 heavy (non-hydrogen) atoms. The second-order valence-electron chi connectivity index (χ2n) is 7.14. The maximum absolute atomic E-state index is 11.1.